The van der Waals surface area contributed by atoms with E-state index in [2.05, 4.69) is 23.5 Å². The van der Waals surface area contributed by atoms with E-state index in [1.165, 1.54) is 13.2 Å². The zero-order valence-corrected chi connectivity index (χ0v) is 18.3. The van der Waals surface area contributed by atoms with Crippen LogP contribution in [0, 0.1) is 5.82 Å². The maximum absolute atomic E-state index is 14.7. The summed E-state index contributed by atoms with van der Waals surface area (Å²) < 4.78 is 19.8. The van der Waals surface area contributed by atoms with Crippen molar-refractivity contribution < 1.29 is 18.7 Å². The van der Waals surface area contributed by atoms with E-state index >= 15 is 0 Å². The summed E-state index contributed by atoms with van der Waals surface area (Å²) in [6, 6.07) is 6.71. The molecule has 2 aliphatic rings. The maximum atomic E-state index is 14.7. The van der Waals surface area contributed by atoms with Gasteiger partial charge in [-0.3, -0.25) is 19.4 Å². The lowest BCUT2D eigenvalue weighted by Gasteiger charge is -2.22. The number of nitrogens with zero attached hydrogens (tertiary/aromatic N) is 3. The molecule has 0 saturated carbocycles. The molecule has 2 aromatic rings. The van der Waals surface area contributed by atoms with Gasteiger partial charge in [0.1, 0.15) is 23.2 Å². The van der Waals surface area contributed by atoms with E-state index in [1.807, 2.05) is 6.07 Å². The minimum atomic E-state index is -0.385. The molecule has 1 aromatic heterocycles. The molecule has 2 saturated heterocycles. The third kappa shape index (κ3) is 3.74. The van der Waals surface area contributed by atoms with Gasteiger partial charge >= 0.3 is 0 Å². The third-order valence-electron chi connectivity index (χ3n) is 5.40. The van der Waals surface area contributed by atoms with Crippen molar-refractivity contribution in [1.82, 2.24) is 4.98 Å². The number of halogens is 1. The second-order valence-corrected chi connectivity index (χ2v) is 8.49. The van der Waals surface area contributed by atoms with Crippen LogP contribution < -0.4 is 25.1 Å². The van der Waals surface area contributed by atoms with Crippen LogP contribution in [0.15, 0.2) is 24.3 Å². The van der Waals surface area contributed by atoms with Gasteiger partial charge in [-0.25, -0.2) is 9.37 Å². The van der Waals surface area contributed by atoms with E-state index in [0.717, 1.165) is 11.7 Å². The van der Waals surface area contributed by atoms with Crippen molar-refractivity contribution in [2.75, 3.05) is 30.0 Å². The summed E-state index contributed by atoms with van der Waals surface area (Å²) in [5.41, 5.74) is 0.503. The molecule has 3 atom stereocenters. The first-order valence-corrected chi connectivity index (χ1v) is 10.5. The Hall–Kier alpha value is -2.10. The molecule has 1 aromatic carbocycles. The summed E-state index contributed by atoms with van der Waals surface area (Å²) in [6.45, 7) is 0.959. The molecule has 152 valence electrons. The number of aromatic nitrogens is 1. The van der Waals surface area contributed by atoms with Crippen molar-refractivity contribution in [3.05, 3.63) is 35.6 Å². The average molecular weight is 433 g/mol. The fourth-order valence-electron chi connectivity index (χ4n) is 3.97. The van der Waals surface area contributed by atoms with Crippen LogP contribution >= 0.6 is 18.5 Å². The lowest BCUT2D eigenvalue weighted by Crippen LogP contribution is -2.31. The molecule has 29 heavy (non-hydrogen) atoms. The summed E-state index contributed by atoms with van der Waals surface area (Å²) in [5, 5.41) is 1.44. The van der Waals surface area contributed by atoms with Gasteiger partial charge in [0, 0.05) is 48.8 Å². The van der Waals surface area contributed by atoms with E-state index in [9.17, 15) is 14.0 Å². The zero-order valence-electron chi connectivity index (χ0n) is 16.0. The number of ether oxygens (including phenoxy) is 1. The van der Waals surface area contributed by atoms with Crippen LogP contribution in [0.2, 0.25) is 0 Å². The van der Waals surface area contributed by atoms with E-state index in [1.54, 1.807) is 21.9 Å². The molecule has 0 radical (unpaired) electrons. The van der Waals surface area contributed by atoms with Crippen LogP contribution in [0.5, 0.6) is 5.75 Å². The van der Waals surface area contributed by atoms with Crippen molar-refractivity contribution >= 4 is 52.5 Å². The molecule has 2 aliphatic heterocycles. The van der Waals surface area contributed by atoms with Crippen LogP contribution in [0.1, 0.15) is 30.7 Å². The van der Waals surface area contributed by atoms with E-state index < -0.39 is 0 Å². The predicted octanol–water partition coefficient (Wildman–Crippen LogP) is 1.88. The minimum Gasteiger partial charge on any atom is -0.497 e. The van der Waals surface area contributed by atoms with E-state index in [0.29, 0.717) is 47.8 Å². The number of carbonyl (C=O) groups is 2. The number of methoxy groups -OCH3 is 1. The van der Waals surface area contributed by atoms with Crippen LogP contribution in [0.3, 0.4) is 0 Å². The van der Waals surface area contributed by atoms with Crippen molar-refractivity contribution in [2.45, 2.75) is 25.2 Å². The standard InChI is InChI=1S/C20H22FN3O3P2/c1-27-12-8-13(21)19(15(29)9-12)11-7-18(26)24(10-11)20-14(28)4-5-16(22-20)23-6-2-3-17(23)25/h4-5,8-9,11H,2-3,6-7,10,28-29H2,1H3/t11-/m0/s1. The molecule has 2 fully saturated rings. The van der Waals surface area contributed by atoms with Gasteiger partial charge in [0.15, 0.2) is 0 Å². The van der Waals surface area contributed by atoms with Gasteiger partial charge in [-0.1, -0.05) is 0 Å². The summed E-state index contributed by atoms with van der Waals surface area (Å²) in [5.74, 6) is 0.739. The van der Waals surface area contributed by atoms with Crippen LogP contribution in [0.4, 0.5) is 16.0 Å². The number of anilines is 2. The molecule has 0 bridgehead atoms. The third-order valence-corrected chi connectivity index (χ3v) is 6.33. The highest BCUT2D eigenvalue weighted by molar-refractivity contribution is 7.28. The molecule has 4 rings (SSSR count). The number of amides is 2. The predicted molar refractivity (Wildman–Crippen MR) is 117 cm³/mol. The first kappa shape index (κ1) is 20.2. The Balaban J connectivity index is 1.65. The van der Waals surface area contributed by atoms with Crippen LogP contribution in [-0.4, -0.2) is 37.0 Å². The number of carbonyl (C=O) groups excluding carboxylic acids is 2. The van der Waals surface area contributed by atoms with Gasteiger partial charge in [-0.05, 0) is 29.9 Å². The Morgan fingerprint density at radius 3 is 2.59 bits per heavy atom. The molecule has 2 amide bonds. The second-order valence-electron chi connectivity index (χ2n) is 7.25. The zero-order chi connectivity index (χ0) is 20.7. The highest BCUT2D eigenvalue weighted by Crippen LogP contribution is 2.34. The molecular weight excluding hydrogens is 411 g/mol. The van der Waals surface area contributed by atoms with E-state index in [-0.39, 0.29) is 30.0 Å². The molecule has 3 heterocycles. The van der Waals surface area contributed by atoms with E-state index in [4.69, 9.17) is 4.74 Å². The smallest absolute Gasteiger partial charge is 0.228 e. The lowest BCUT2D eigenvalue weighted by atomic mass is 9.97. The molecule has 0 spiro atoms. The molecule has 2 unspecified atom stereocenters. The molecule has 9 heteroatoms. The van der Waals surface area contributed by atoms with Crippen molar-refractivity contribution in [3.8, 4) is 5.75 Å². The highest BCUT2D eigenvalue weighted by Gasteiger charge is 2.36. The quantitative estimate of drug-likeness (QED) is 0.691. The van der Waals surface area contributed by atoms with Crippen LogP contribution in [-0.2, 0) is 9.59 Å². The molecule has 0 N–H and O–H groups in total. The largest absolute Gasteiger partial charge is 0.497 e. The first-order chi connectivity index (χ1) is 13.9. The second kappa shape index (κ2) is 7.97. The van der Waals surface area contributed by atoms with Gasteiger partial charge in [0.05, 0.1) is 7.11 Å². The van der Waals surface area contributed by atoms with Crippen molar-refractivity contribution in [2.24, 2.45) is 0 Å². The Morgan fingerprint density at radius 2 is 1.93 bits per heavy atom. The first-order valence-electron chi connectivity index (χ1n) is 9.39. The summed E-state index contributed by atoms with van der Waals surface area (Å²) in [4.78, 5) is 32.7. The summed E-state index contributed by atoms with van der Waals surface area (Å²) >= 11 is 0. The Labute approximate surface area is 173 Å². The molecule has 0 aliphatic carbocycles. The van der Waals surface area contributed by atoms with Gasteiger partial charge in [0.25, 0.3) is 0 Å². The summed E-state index contributed by atoms with van der Waals surface area (Å²) in [6.07, 6.45) is 1.51. The topological polar surface area (TPSA) is 62.7 Å². The molecular formula is C20H22FN3O3P2. The Morgan fingerprint density at radius 1 is 1.14 bits per heavy atom. The van der Waals surface area contributed by atoms with Gasteiger partial charge in [-0.2, -0.15) is 0 Å². The van der Waals surface area contributed by atoms with Gasteiger partial charge < -0.3 is 4.74 Å². The minimum absolute atomic E-state index is 0.0403. The lowest BCUT2D eigenvalue weighted by molar-refractivity contribution is -0.117. The maximum Gasteiger partial charge on any atom is 0.228 e. The van der Waals surface area contributed by atoms with Crippen molar-refractivity contribution in [3.63, 3.8) is 0 Å². The number of hydrogen-bond donors (Lipinski definition) is 0. The SMILES string of the molecule is COc1cc(F)c([C@H]2CC(=O)N(c3nc(N4CCCC4=O)ccc3P)C2)c(P)c1. The monoisotopic (exact) mass is 433 g/mol. The summed E-state index contributed by atoms with van der Waals surface area (Å²) in [7, 11) is 6.60. The van der Waals surface area contributed by atoms with Gasteiger partial charge in [0.2, 0.25) is 11.8 Å². The fraction of sp³-hybridized carbons (Fsp3) is 0.350. The Kier molecular flexibility index (Phi) is 5.54. The Bertz CT molecular complexity index is 978. The average Bonchev–Trinajstić information content (AvgIpc) is 3.27. The number of rotatable bonds is 4. The normalized spacial score (nSPS) is 19.4. The highest BCUT2D eigenvalue weighted by atomic mass is 31.0. The van der Waals surface area contributed by atoms with Crippen molar-refractivity contribution in [1.29, 1.82) is 0 Å². The number of benzene rings is 1. The molecule has 6 nitrogen and oxygen atoms in total. The van der Waals surface area contributed by atoms with Gasteiger partial charge in [-0.15, -0.1) is 18.5 Å². The fourth-order valence-corrected chi connectivity index (χ4v) is 4.83. The van der Waals surface area contributed by atoms with Crippen LogP contribution in [0.25, 0.3) is 0 Å². The number of hydrogen-bond acceptors (Lipinski definition) is 4. The number of pyridine rings is 1.